The van der Waals surface area contributed by atoms with E-state index in [0.29, 0.717) is 0 Å². The molecular weight excluding hydrogens is 305 g/mol. The number of alkyl halides is 3. The average Bonchev–Trinajstić information content (AvgIpc) is 2.83. The van der Waals surface area contributed by atoms with Crippen molar-refractivity contribution in [3.63, 3.8) is 0 Å². The van der Waals surface area contributed by atoms with Crippen LogP contribution in [0.4, 0.5) is 18.9 Å². The molecule has 9 heteroatoms. The number of benzene rings is 1. The maximum Gasteiger partial charge on any atom is 0.406 e. The van der Waals surface area contributed by atoms with Gasteiger partial charge in [0.2, 0.25) is 0 Å². The van der Waals surface area contributed by atoms with Crippen molar-refractivity contribution in [2.75, 3.05) is 13.1 Å². The monoisotopic (exact) mass is 318 g/mol. The number of nitro benzene ring substituents is 1. The Kier molecular flexibility index (Phi) is 4.10. The van der Waals surface area contributed by atoms with E-state index in [-0.39, 0.29) is 24.2 Å². The second kappa shape index (κ2) is 5.56. The second-order valence-electron chi connectivity index (χ2n) is 5.19. The minimum absolute atomic E-state index is 0.0936. The van der Waals surface area contributed by atoms with Gasteiger partial charge in [-0.1, -0.05) is 18.2 Å². The summed E-state index contributed by atoms with van der Waals surface area (Å²) in [7, 11) is 0. The summed E-state index contributed by atoms with van der Waals surface area (Å²) in [4.78, 5) is 21.5. The van der Waals surface area contributed by atoms with Crippen molar-refractivity contribution in [1.29, 1.82) is 0 Å². The summed E-state index contributed by atoms with van der Waals surface area (Å²) in [5.41, 5.74) is -3.15. The molecule has 0 aliphatic carbocycles. The first-order valence-corrected chi connectivity index (χ1v) is 6.43. The summed E-state index contributed by atoms with van der Waals surface area (Å²) in [6.07, 6.45) is -5.29. The van der Waals surface area contributed by atoms with E-state index in [0.717, 1.165) is 0 Å². The van der Waals surface area contributed by atoms with E-state index >= 15 is 0 Å². The normalized spacial score (nSPS) is 25.1. The number of carboxylic acid groups (broad SMARTS) is 1. The molecule has 22 heavy (non-hydrogen) atoms. The second-order valence-corrected chi connectivity index (χ2v) is 5.19. The highest BCUT2D eigenvalue weighted by Gasteiger charge is 2.66. The molecule has 1 aliphatic rings. The minimum Gasteiger partial charge on any atom is -0.481 e. The lowest BCUT2D eigenvalue weighted by Gasteiger charge is -2.32. The van der Waals surface area contributed by atoms with E-state index in [9.17, 15) is 28.1 Å². The van der Waals surface area contributed by atoms with Crippen LogP contribution in [-0.2, 0) is 11.2 Å². The minimum atomic E-state index is -4.95. The van der Waals surface area contributed by atoms with Gasteiger partial charge in [0, 0.05) is 24.1 Å². The van der Waals surface area contributed by atoms with Gasteiger partial charge in [0.1, 0.15) is 0 Å². The van der Waals surface area contributed by atoms with E-state index in [2.05, 4.69) is 5.32 Å². The fourth-order valence-electron chi connectivity index (χ4n) is 2.84. The molecule has 2 atom stereocenters. The van der Waals surface area contributed by atoms with Crippen LogP contribution in [0.25, 0.3) is 0 Å². The highest BCUT2D eigenvalue weighted by atomic mass is 19.4. The highest BCUT2D eigenvalue weighted by Crippen LogP contribution is 2.48. The number of nitro groups is 1. The maximum absolute atomic E-state index is 13.3. The van der Waals surface area contributed by atoms with Crippen molar-refractivity contribution in [2.24, 2.45) is 11.3 Å². The number of nitrogens with zero attached hydrogens (tertiary/aromatic N) is 1. The third kappa shape index (κ3) is 2.52. The molecule has 0 radical (unpaired) electrons. The van der Waals surface area contributed by atoms with Gasteiger partial charge in [-0.15, -0.1) is 0 Å². The Morgan fingerprint density at radius 2 is 2.09 bits per heavy atom. The predicted molar refractivity (Wildman–Crippen MR) is 69.3 cm³/mol. The summed E-state index contributed by atoms with van der Waals surface area (Å²) in [6.45, 7) is -0.908. The van der Waals surface area contributed by atoms with Gasteiger partial charge in [0.05, 0.1) is 4.92 Å². The van der Waals surface area contributed by atoms with Crippen LogP contribution in [0.15, 0.2) is 24.3 Å². The third-order valence-electron chi connectivity index (χ3n) is 4.03. The zero-order valence-electron chi connectivity index (χ0n) is 11.3. The third-order valence-corrected chi connectivity index (χ3v) is 4.03. The van der Waals surface area contributed by atoms with E-state index in [1.54, 1.807) is 0 Å². The van der Waals surface area contributed by atoms with Crippen molar-refractivity contribution in [1.82, 2.24) is 5.32 Å². The lowest BCUT2D eigenvalue weighted by atomic mass is 9.74. The van der Waals surface area contributed by atoms with Gasteiger partial charge >= 0.3 is 12.1 Å². The molecule has 1 aliphatic heterocycles. The molecule has 0 spiro atoms. The van der Waals surface area contributed by atoms with Gasteiger partial charge in [0.15, 0.2) is 5.41 Å². The molecule has 1 aromatic rings. The Hall–Kier alpha value is -2.16. The van der Waals surface area contributed by atoms with Gasteiger partial charge < -0.3 is 10.4 Å². The molecule has 0 unspecified atom stereocenters. The van der Waals surface area contributed by atoms with E-state index in [4.69, 9.17) is 5.11 Å². The number of aliphatic carboxylic acids is 1. The van der Waals surface area contributed by atoms with Crippen LogP contribution in [0.2, 0.25) is 0 Å². The first-order valence-electron chi connectivity index (χ1n) is 6.43. The average molecular weight is 318 g/mol. The predicted octanol–water partition coefficient (Wildman–Crippen LogP) is 1.99. The first-order chi connectivity index (χ1) is 10.2. The van der Waals surface area contributed by atoms with Crippen LogP contribution in [-0.4, -0.2) is 35.3 Å². The molecule has 0 aromatic heterocycles. The van der Waals surface area contributed by atoms with E-state index < -0.39 is 34.9 Å². The quantitative estimate of drug-likeness (QED) is 0.654. The zero-order valence-corrected chi connectivity index (χ0v) is 11.3. The number of nitrogens with one attached hydrogen (secondary N) is 1. The number of carboxylic acids is 1. The Labute approximate surface area is 123 Å². The molecule has 1 aromatic carbocycles. The van der Waals surface area contributed by atoms with Gasteiger partial charge in [-0.2, -0.15) is 13.2 Å². The number of carbonyl (C=O) groups is 1. The highest BCUT2D eigenvalue weighted by molar-refractivity contribution is 5.77. The summed E-state index contributed by atoms with van der Waals surface area (Å²) in [5, 5.41) is 22.5. The Bertz CT molecular complexity index is 605. The zero-order chi connectivity index (χ0) is 16.5. The molecule has 120 valence electrons. The van der Waals surface area contributed by atoms with Gasteiger partial charge in [-0.3, -0.25) is 14.9 Å². The van der Waals surface area contributed by atoms with Crippen LogP contribution >= 0.6 is 0 Å². The number of rotatable bonds is 4. The Morgan fingerprint density at radius 1 is 1.45 bits per heavy atom. The van der Waals surface area contributed by atoms with Crippen molar-refractivity contribution in [2.45, 2.75) is 12.6 Å². The molecule has 1 heterocycles. The lowest BCUT2D eigenvalue weighted by Crippen LogP contribution is -2.51. The standard InChI is InChI=1S/C13H13F3N2O4/c14-13(15,16)12(11(19)20)7-17-6-9(12)5-8-3-1-2-4-10(8)18(21)22/h1-4,9,17H,5-7H2,(H,19,20)/t9-,12+/m1/s1. The maximum atomic E-state index is 13.3. The molecule has 6 nitrogen and oxygen atoms in total. The van der Waals surface area contributed by atoms with Crippen LogP contribution in [0.5, 0.6) is 0 Å². The van der Waals surface area contributed by atoms with Crippen LogP contribution < -0.4 is 5.32 Å². The van der Waals surface area contributed by atoms with Gasteiger partial charge in [-0.25, -0.2) is 0 Å². The summed E-state index contributed by atoms with van der Waals surface area (Å²) in [6, 6.07) is 5.41. The molecule has 1 fully saturated rings. The van der Waals surface area contributed by atoms with Crippen LogP contribution in [0.1, 0.15) is 5.56 Å². The summed E-state index contributed by atoms with van der Waals surface area (Å²) >= 11 is 0. The SMILES string of the molecule is O=C(O)[C@]1(C(F)(F)F)CNC[C@H]1Cc1ccccc1[N+](=O)[O-]. The number of hydrogen-bond donors (Lipinski definition) is 2. The molecule has 0 saturated carbocycles. The Morgan fingerprint density at radius 3 is 2.64 bits per heavy atom. The number of para-hydroxylation sites is 1. The van der Waals surface area contributed by atoms with Crippen LogP contribution in [0, 0.1) is 21.4 Å². The van der Waals surface area contributed by atoms with Crippen molar-refractivity contribution < 1.29 is 28.0 Å². The fraction of sp³-hybridized carbons (Fsp3) is 0.462. The first kappa shape index (κ1) is 16.2. The van der Waals surface area contributed by atoms with Crippen molar-refractivity contribution in [3.8, 4) is 0 Å². The van der Waals surface area contributed by atoms with Crippen LogP contribution in [0.3, 0.4) is 0 Å². The van der Waals surface area contributed by atoms with Gasteiger partial charge in [-0.05, 0) is 13.0 Å². The largest absolute Gasteiger partial charge is 0.481 e. The number of hydrogen-bond acceptors (Lipinski definition) is 4. The summed E-state index contributed by atoms with van der Waals surface area (Å²) in [5.74, 6) is -3.28. The van der Waals surface area contributed by atoms with E-state index in [1.807, 2.05) is 0 Å². The molecule has 2 rings (SSSR count). The molecule has 2 N–H and O–H groups in total. The number of halogens is 3. The molecular formula is C13H13F3N2O4. The fourth-order valence-corrected chi connectivity index (χ4v) is 2.84. The summed E-state index contributed by atoms with van der Waals surface area (Å²) < 4.78 is 40.0. The van der Waals surface area contributed by atoms with Crippen molar-refractivity contribution in [3.05, 3.63) is 39.9 Å². The smallest absolute Gasteiger partial charge is 0.406 e. The molecule has 0 amide bonds. The molecule has 0 bridgehead atoms. The Balaban J connectivity index is 2.40. The van der Waals surface area contributed by atoms with E-state index in [1.165, 1.54) is 24.3 Å². The molecule has 1 saturated heterocycles. The van der Waals surface area contributed by atoms with Gasteiger partial charge in [0.25, 0.3) is 5.69 Å². The lowest BCUT2D eigenvalue weighted by molar-refractivity contribution is -0.385. The van der Waals surface area contributed by atoms with Crippen molar-refractivity contribution >= 4 is 11.7 Å². The topological polar surface area (TPSA) is 92.5 Å².